The van der Waals surface area contributed by atoms with E-state index < -0.39 is 0 Å². The van der Waals surface area contributed by atoms with E-state index in [-0.39, 0.29) is 6.04 Å². The van der Waals surface area contributed by atoms with Crippen molar-refractivity contribution in [2.75, 3.05) is 5.32 Å². The third kappa shape index (κ3) is 3.31. The summed E-state index contributed by atoms with van der Waals surface area (Å²) in [5.41, 5.74) is 3.07. The van der Waals surface area contributed by atoms with Gasteiger partial charge in [-0.25, -0.2) is 9.97 Å². The van der Waals surface area contributed by atoms with Gasteiger partial charge >= 0.3 is 0 Å². The molecule has 3 heterocycles. The molecule has 1 N–H and O–H groups in total. The zero-order chi connectivity index (χ0) is 17.9. The Morgan fingerprint density at radius 2 is 1.92 bits per heavy atom. The van der Waals surface area contributed by atoms with E-state index in [0.29, 0.717) is 0 Å². The number of aromatic nitrogens is 5. The summed E-state index contributed by atoms with van der Waals surface area (Å²) in [4.78, 5) is 8.84. The molecule has 0 amide bonds. The van der Waals surface area contributed by atoms with Crippen LogP contribution >= 0.6 is 0 Å². The lowest BCUT2D eigenvalue weighted by atomic mass is 10.0. The van der Waals surface area contributed by atoms with E-state index in [4.69, 9.17) is 0 Å². The smallest absolute Gasteiger partial charge is 0.157 e. The third-order valence-electron chi connectivity index (χ3n) is 4.59. The van der Waals surface area contributed by atoms with Crippen molar-refractivity contribution in [3.05, 3.63) is 78.1 Å². The van der Waals surface area contributed by atoms with Crippen molar-refractivity contribution >= 4 is 11.5 Å². The first-order valence-corrected chi connectivity index (χ1v) is 8.81. The van der Waals surface area contributed by atoms with Gasteiger partial charge in [-0.05, 0) is 25.8 Å². The zero-order valence-electron chi connectivity index (χ0n) is 15.0. The summed E-state index contributed by atoms with van der Waals surface area (Å²) in [6.07, 6.45) is 6.59. The minimum Gasteiger partial charge on any atom is -0.363 e. The number of hydrogen-bond donors (Lipinski definition) is 1. The molecular weight excluding hydrogens is 324 g/mol. The summed E-state index contributed by atoms with van der Waals surface area (Å²) in [7, 11) is 0. The molecule has 0 aliphatic rings. The Hall–Kier alpha value is -3.15. The first-order chi connectivity index (χ1) is 12.7. The van der Waals surface area contributed by atoms with Crippen molar-refractivity contribution in [1.29, 1.82) is 0 Å². The summed E-state index contributed by atoms with van der Waals surface area (Å²) in [6, 6.07) is 14.6. The van der Waals surface area contributed by atoms with Crippen molar-refractivity contribution in [1.82, 2.24) is 24.1 Å². The minimum absolute atomic E-state index is 0.159. The van der Waals surface area contributed by atoms with Gasteiger partial charge in [0.1, 0.15) is 11.6 Å². The molecule has 3 aromatic heterocycles. The Kier molecular flexibility index (Phi) is 4.39. The highest BCUT2D eigenvalue weighted by atomic mass is 15.3. The molecule has 6 nitrogen and oxygen atoms in total. The highest BCUT2D eigenvalue weighted by Gasteiger charge is 2.14. The first kappa shape index (κ1) is 16.3. The Labute approximate surface area is 152 Å². The van der Waals surface area contributed by atoms with Crippen LogP contribution in [-0.2, 0) is 6.54 Å². The molecule has 4 aromatic rings. The van der Waals surface area contributed by atoms with Crippen LogP contribution in [0.5, 0.6) is 0 Å². The standard InChI is InChI=1S/C20H22N6/c1-15-14-20(26-19(23-15)8-10-22-26)24-18(17-6-4-3-5-7-17)9-12-25-13-11-21-16(25)2/h3-8,10-11,13-14,18,24H,9,12H2,1-2H3/t18-/m0/s1. The Morgan fingerprint density at radius 3 is 2.69 bits per heavy atom. The van der Waals surface area contributed by atoms with Crippen LogP contribution in [-0.4, -0.2) is 24.1 Å². The van der Waals surface area contributed by atoms with Gasteiger partial charge in [0, 0.05) is 36.8 Å². The van der Waals surface area contributed by atoms with Crippen molar-refractivity contribution in [2.45, 2.75) is 32.9 Å². The lowest BCUT2D eigenvalue weighted by Gasteiger charge is -2.21. The Balaban J connectivity index is 1.64. The van der Waals surface area contributed by atoms with Gasteiger partial charge in [0.15, 0.2) is 5.65 Å². The maximum atomic E-state index is 4.52. The fraction of sp³-hybridized carbons (Fsp3) is 0.250. The topological polar surface area (TPSA) is 60.0 Å². The lowest BCUT2D eigenvalue weighted by Crippen LogP contribution is -2.16. The average molecular weight is 346 g/mol. The average Bonchev–Trinajstić information content (AvgIpc) is 3.28. The molecular formula is C20H22N6. The number of aryl methyl sites for hydroxylation is 3. The first-order valence-electron chi connectivity index (χ1n) is 8.81. The van der Waals surface area contributed by atoms with Crippen LogP contribution in [0.4, 0.5) is 5.82 Å². The lowest BCUT2D eigenvalue weighted by molar-refractivity contribution is 0.571. The Bertz CT molecular complexity index is 1000. The van der Waals surface area contributed by atoms with Gasteiger partial charge < -0.3 is 9.88 Å². The molecule has 0 spiro atoms. The van der Waals surface area contributed by atoms with Crippen LogP contribution in [0.1, 0.15) is 29.5 Å². The molecule has 0 bridgehead atoms. The molecule has 26 heavy (non-hydrogen) atoms. The van der Waals surface area contributed by atoms with E-state index in [2.05, 4.69) is 49.2 Å². The van der Waals surface area contributed by atoms with Gasteiger partial charge in [0.05, 0.1) is 12.2 Å². The van der Waals surface area contributed by atoms with Crippen molar-refractivity contribution in [3.63, 3.8) is 0 Å². The van der Waals surface area contributed by atoms with Crippen LogP contribution in [0, 0.1) is 13.8 Å². The molecule has 1 atom stereocenters. The summed E-state index contributed by atoms with van der Waals surface area (Å²) < 4.78 is 4.03. The van der Waals surface area contributed by atoms with Crippen LogP contribution in [0.25, 0.3) is 5.65 Å². The van der Waals surface area contributed by atoms with Gasteiger partial charge in [0.2, 0.25) is 0 Å². The van der Waals surface area contributed by atoms with E-state index >= 15 is 0 Å². The molecule has 0 aliphatic heterocycles. The largest absolute Gasteiger partial charge is 0.363 e. The molecule has 0 fully saturated rings. The van der Waals surface area contributed by atoms with Crippen LogP contribution < -0.4 is 5.32 Å². The zero-order valence-corrected chi connectivity index (χ0v) is 15.0. The van der Waals surface area contributed by atoms with Crippen molar-refractivity contribution in [2.24, 2.45) is 0 Å². The van der Waals surface area contributed by atoms with Crippen LogP contribution in [0.3, 0.4) is 0 Å². The highest BCUT2D eigenvalue weighted by molar-refractivity contribution is 5.50. The number of nitrogens with one attached hydrogen (secondary N) is 1. The molecule has 0 saturated heterocycles. The second kappa shape index (κ2) is 7.00. The molecule has 0 unspecified atom stereocenters. The maximum absolute atomic E-state index is 4.52. The second-order valence-corrected chi connectivity index (χ2v) is 6.45. The molecule has 0 radical (unpaired) electrons. The summed E-state index contributed by atoms with van der Waals surface area (Å²) in [5.74, 6) is 1.99. The van der Waals surface area contributed by atoms with Gasteiger partial charge in [-0.3, -0.25) is 0 Å². The van der Waals surface area contributed by atoms with Gasteiger partial charge in [-0.2, -0.15) is 9.61 Å². The Morgan fingerprint density at radius 1 is 1.08 bits per heavy atom. The predicted octanol–water partition coefficient (Wildman–Crippen LogP) is 3.79. The normalized spacial score (nSPS) is 12.4. The number of rotatable bonds is 6. The number of benzene rings is 1. The molecule has 6 heteroatoms. The maximum Gasteiger partial charge on any atom is 0.157 e. The van der Waals surface area contributed by atoms with E-state index in [1.165, 1.54) is 5.56 Å². The monoisotopic (exact) mass is 346 g/mol. The van der Waals surface area contributed by atoms with E-state index in [9.17, 15) is 0 Å². The van der Waals surface area contributed by atoms with Crippen molar-refractivity contribution in [3.8, 4) is 0 Å². The summed E-state index contributed by atoms with van der Waals surface area (Å²) in [5, 5.41) is 8.08. The highest BCUT2D eigenvalue weighted by Crippen LogP contribution is 2.24. The fourth-order valence-corrected chi connectivity index (χ4v) is 3.24. The molecule has 4 rings (SSSR count). The van der Waals surface area contributed by atoms with E-state index in [1.807, 2.05) is 49.0 Å². The molecule has 0 aliphatic carbocycles. The second-order valence-electron chi connectivity index (χ2n) is 6.45. The minimum atomic E-state index is 0.159. The number of imidazole rings is 1. The summed E-state index contributed by atoms with van der Waals surface area (Å²) in [6.45, 7) is 4.93. The van der Waals surface area contributed by atoms with Gasteiger partial charge in [0.25, 0.3) is 0 Å². The van der Waals surface area contributed by atoms with Gasteiger partial charge in [-0.15, -0.1) is 0 Å². The number of nitrogens with zero attached hydrogens (tertiary/aromatic N) is 5. The number of fused-ring (bicyclic) bond motifs is 1. The summed E-state index contributed by atoms with van der Waals surface area (Å²) >= 11 is 0. The third-order valence-corrected chi connectivity index (χ3v) is 4.59. The fourth-order valence-electron chi connectivity index (χ4n) is 3.24. The number of anilines is 1. The van der Waals surface area contributed by atoms with Gasteiger partial charge in [-0.1, -0.05) is 30.3 Å². The van der Waals surface area contributed by atoms with E-state index in [1.54, 1.807) is 6.20 Å². The van der Waals surface area contributed by atoms with E-state index in [0.717, 1.165) is 35.9 Å². The molecule has 132 valence electrons. The van der Waals surface area contributed by atoms with Crippen LogP contribution in [0.2, 0.25) is 0 Å². The van der Waals surface area contributed by atoms with Crippen molar-refractivity contribution < 1.29 is 0 Å². The predicted molar refractivity (Wildman–Crippen MR) is 102 cm³/mol. The SMILES string of the molecule is Cc1cc(N[C@@H](CCn2ccnc2C)c2ccccc2)n2nccc2n1. The molecule has 1 aromatic carbocycles. The quantitative estimate of drug-likeness (QED) is 0.577. The molecule has 0 saturated carbocycles. The number of hydrogen-bond acceptors (Lipinski definition) is 4. The van der Waals surface area contributed by atoms with Crippen LogP contribution in [0.15, 0.2) is 61.1 Å².